The van der Waals surface area contributed by atoms with E-state index in [1.54, 1.807) is 13.0 Å². The van der Waals surface area contributed by atoms with Crippen LogP contribution in [0.2, 0.25) is 0 Å². The fourth-order valence-electron chi connectivity index (χ4n) is 2.54. The van der Waals surface area contributed by atoms with Gasteiger partial charge in [-0.2, -0.15) is 0 Å². The van der Waals surface area contributed by atoms with Gasteiger partial charge >= 0.3 is 5.97 Å². The molecule has 0 bridgehead atoms. The van der Waals surface area contributed by atoms with Crippen LogP contribution in [-0.4, -0.2) is 36.1 Å². The summed E-state index contributed by atoms with van der Waals surface area (Å²) in [7, 11) is 0. The third-order valence-electron chi connectivity index (χ3n) is 3.56. The number of carboxylic acids is 1. The number of nitrogens with two attached hydrogens (primary N) is 1. The van der Waals surface area contributed by atoms with Crippen LogP contribution < -0.4 is 16.0 Å². The van der Waals surface area contributed by atoms with Crippen LogP contribution in [-0.2, 0) is 4.79 Å². The van der Waals surface area contributed by atoms with Gasteiger partial charge in [-0.1, -0.05) is 0 Å². The number of rotatable bonds is 3. The highest BCUT2D eigenvalue weighted by molar-refractivity contribution is 5.95. The second-order valence-electron chi connectivity index (χ2n) is 5.16. The van der Waals surface area contributed by atoms with Crippen LogP contribution in [0.15, 0.2) is 12.1 Å². The summed E-state index contributed by atoms with van der Waals surface area (Å²) in [5.41, 5.74) is 7.81. The molecule has 1 aromatic rings. The molecule has 6 heteroatoms. The van der Waals surface area contributed by atoms with E-state index in [0.29, 0.717) is 12.2 Å². The average Bonchev–Trinajstić information content (AvgIpc) is 2.79. The highest BCUT2D eigenvalue weighted by atomic mass is 16.4. The molecular weight excluding hydrogens is 258 g/mol. The van der Waals surface area contributed by atoms with E-state index in [1.807, 2.05) is 6.07 Å². The lowest BCUT2D eigenvalue weighted by Crippen LogP contribution is -2.35. The minimum absolute atomic E-state index is 0.0449. The molecule has 0 spiro atoms. The van der Waals surface area contributed by atoms with Crippen molar-refractivity contribution in [3.63, 3.8) is 0 Å². The average molecular weight is 277 g/mol. The zero-order valence-electron chi connectivity index (χ0n) is 11.6. The number of amides is 1. The molecule has 0 aliphatic carbocycles. The summed E-state index contributed by atoms with van der Waals surface area (Å²) in [6.45, 7) is 4.76. The Morgan fingerprint density at radius 2 is 2.15 bits per heavy atom. The number of aryl methyl sites for hydroxylation is 1. The first kappa shape index (κ1) is 14.2. The van der Waals surface area contributed by atoms with Crippen molar-refractivity contribution in [2.45, 2.75) is 26.3 Å². The third-order valence-corrected chi connectivity index (χ3v) is 3.56. The molecular formula is C14H19N3O3. The van der Waals surface area contributed by atoms with Crippen molar-refractivity contribution in [3.8, 4) is 0 Å². The largest absolute Gasteiger partial charge is 0.478 e. The van der Waals surface area contributed by atoms with Crippen LogP contribution >= 0.6 is 0 Å². The predicted molar refractivity (Wildman–Crippen MR) is 77.0 cm³/mol. The first-order chi connectivity index (χ1) is 9.38. The van der Waals surface area contributed by atoms with Crippen molar-refractivity contribution >= 4 is 23.3 Å². The van der Waals surface area contributed by atoms with Crippen molar-refractivity contribution in [2.75, 3.05) is 23.7 Å². The molecule has 20 heavy (non-hydrogen) atoms. The normalized spacial score (nSPS) is 18.1. The van der Waals surface area contributed by atoms with E-state index in [1.165, 1.54) is 6.92 Å². The van der Waals surface area contributed by atoms with Gasteiger partial charge in [0.25, 0.3) is 0 Å². The van der Waals surface area contributed by atoms with Gasteiger partial charge in [0.05, 0.1) is 5.56 Å². The Bertz CT molecular complexity index is 557. The van der Waals surface area contributed by atoms with Gasteiger partial charge < -0.3 is 21.1 Å². The van der Waals surface area contributed by atoms with Crippen molar-refractivity contribution < 1.29 is 14.7 Å². The predicted octanol–water partition coefficient (Wildman–Crippen LogP) is 0.990. The zero-order valence-corrected chi connectivity index (χ0v) is 11.6. The highest BCUT2D eigenvalue weighted by Gasteiger charge is 2.24. The number of benzene rings is 1. The van der Waals surface area contributed by atoms with Gasteiger partial charge in [-0.15, -0.1) is 0 Å². The van der Waals surface area contributed by atoms with E-state index in [2.05, 4.69) is 10.2 Å². The summed E-state index contributed by atoms with van der Waals surface area (Å²) in [6.07, 6.45) is 0.853. The summed E-state index contributed by atoms with van der Waals surface area (Å²) in [5.74, 6) is -1.07. The fourth-order valence-corrected chi connectivity index (χ4v) is 2.54. The Labute approximate surface area is 117 Å². The van der Waals surface area contributed by atoms with Crippen LogP contribution in [0.5, 0.6) is 0 Å². The summed E-state index contributed by atoms with van der Waals surface area (Å²) in [6, 6.07) is 3.59. The van der Waals surface area contributed by atoms with Gasteiger partial charge in [0.1, 0.15) is 0 Å². The van der Waals surface area contributed by atoms with Gasteiger partial charge in [0, 0.05) is 37.4 Å². The lowest BCUT2D eigenvalue weighted by atomic mass is 10.1. The maximum Gasteiger partial charge on any atom is 0.337 e. The number of anilines is 2. The standard InChI is InChI=1S/C14H19N3O3/c1-8-5-11(6-12(13(8)15)14(19)20)17-4-3-10(7-17)16-9(2)18/h5-6,10H,3-4,7,15H2,1-2H3,(H,16,18)(H,19,20). The maximum absolute atomic E-state index is 11.2. The Morgan fingerprint density at radius 3 is 2.75 bits per heavy atom. The third kappa shape index (κ3) is 2.84. The smallest absolute Gasteiger partial charge is 0.337 e. The van der Waals surface area contributed by atoms with Crippen LogP contribution in [0.1, 0.15) is 29.3 Å². The van der Waals surface area contributed by atoms with Gasteiger partial charge in [-0.25, -0.2) is 4.79 Å². The molecule has 1 aliphatic heterocycles. The number of nitrogen functional groups attached to an aromatic ring is 1. The topological polar surface area (TPSA) is 95.7 Å². The summed E-state index contributed by atoms with van der Waals surface area (Å²) >= 11 is 0. The first-order valence-electron chi connectivity index (χ1n) is 6.54. The van der Waals surface area contributed by atoms with Crippen molar-refractivity contribution in [1.29, 1.82) is 0 Å². The lowest BCUT2D eigenvalue weighted by Gasteiger charge is -2.21. The molecule has 1 unspecified atom stereocenters. The van der Waals surface area contributed by atoms with Crippen molar-refractivity contribution in [2.24, 2.45) is 0 Å². The fraction of sp³-hybridized carbons (Fsp3) is 0.429. The maximum atomic E-state index is 11.2. The second kappa shape index (κ2) is 5.40. The van der Waals surface area contributed by atoms with Gasteiger partial charge in [-0.05, 0) is 31.0 Å². The van der Waals surface area contributed by atoms with E-state index < -0.39 is 5.97 Å². The van der Waals surface area contributed by atoms with Crippen LogP contribution in [0.25, 0.3) is 0 Å². The monoisotopic (exact) mass is 277 g/mol. The molecule has 108 valence electrons. The summed E-state index contributed by atoms with van der Waals surface area (Å²) < 4.78 is 0. The molecule has 1 aliphatic rings. The Kier molecular flexibility index (Phi) is 3.83. The van der Waals surface area contributed by atoms with E-state index >= 15 is 0 Å². The molecule has 1 aromatic carbocycles. The second-order valence-corrected chi connectivity index (χ2v) is 5.16. The number of carbonyl (C=O) groups excluding carboxylic acids is 1. The number of carboxylic acid groups (broad SMARTS) is 1. The Morgan fingerprint density at radius 1 is 1.45 bits per heavy atom. The number of nitrogens with zero attached hydrogens (tertiary/aromatic N) is 1. The molecule has 2 rings (SSSR count). The molecule has 0 radical (unpaired) electrons. The number of nitrogens with one attached hydrogen (secondary N) is 1. The number of hydrogen-bond acceptors (Lipinski definition) is 4. The SMILES string of the molecule is CC(=O)NC1CCN(c2cc(C)c(N)c(C(=O)O)c2)C1. The highest BCUT2D eigenvalue weighted by Crippen LogP contribution is 2.28. The number of hydrogen-bond donors (Lipinski definition) is 3. The minimum atomic E-state index is -1.02. The van der Waals surface area contributed by atoms with E-state index in [-0.39, 0.29) is 17.5 Å². The van der Waals surface area contributed by atoms with Crippen LogP contribution in [0.3, 0.4) is 0 Å². The molecule has 0 saturated carbocycles. The van der Waals surface area contributed by atoms with Gasteiger partial charge in [-0.3, -0.25) is 4.79 Å². The minimum Gasteiger partial charge on any atom is -0.478 e. The molecule has 6 nitrogen and oxygen atoms in total. The van der Waals surface area contributed by atoms with E-state index in [0.717, 1.165) is 24.2 Å². The van der Waals surface area contributed by atoms with Crippen molar-refractivity contribution in [1.82, 2.24) is 5.32 Å². The number of carbonyl (C=O) groups is 2. The van der Waals surface area contributed by atoms with Crippen LogP contribution in [0.4, 0.5) is 11.4 Å². The Hall–Kier alpha value is -2.24. The molecule has 1 atom stereocenters. The van der Waals surface area contributed by atoms with Gasteiger partial charge in [0.2, 0.25) is 5.91 Å². The summed E-state index contributed by atoms with van der Waals surface area (Å²) in [5, 5.41) is 12.1. The van der Waals surface area contributed by atoms with Gasteiger partial charge in [0.15, 0.2) is 0 Å². The van der Waals surface area contributed by atoms with Crippen molar-refractivity contribution in [3.05, 3.63) is 23.3 Å². The molecule has 0 aromatic heterocycles. The summed E-state index contributed by atoms with van der Waals surface area (Å²) in [4.78, 5) is 24.3. The molecule has 1 amide bonds. The quantitative estimate of drug-likeness (QED) is 0.716. The van der Waals surface area contributed by atoms with E-state index in [9.17, 15) is 14.7 Å². The molecule has 1 saturated heterocycles. The Balaban J connectivity index is 2.22. The van der Waals surface area contributed by atoms with Crippen LogP contribution in [0, 0.1) is 6.92 Å². The first-order valence-corrected chi connectivity index (χ1v) is 6.54. The molecule has 4 N–H and O–H groups in total. The van der Waals surface area contributed by atoms with E-state index in [4.69, 9.17) is 5.73 Å². The lowest BCUT2D eigenvalue weighted by molar-refractivity contribution is -0.119. The zero-order chi connectivity index (χ0) is 14.9. The number of aromatic carboxylic acids is 1. The molecule has 1 heterocycles. The molecule has 1 fully saturated rings.